The number of aromatic nitrogens is 4. The quantitative estimate of drug-likeness (QED) is 0.427. The van der Waals surface area contributed by atoms with Gasteiger partial charge in [0.05, 0.1) is 23.1 Å². The van der Waals surface area contributed by atoms with E-state index in [0.717, 1.165) is 5.56 Å². The Morgan fingerprint density at radius 3 is 2.61 bits per heavy atom. The van der Waals surface area contributed by atoms with Crippen molar-refractivity contribution in [2.24, 2.45) is 0 Å². The van der Waals surface area contributed by atoms with Gasteiger partial charge in [-0.3, -0.25) is 14.8 Å². The average Bonchev–Trinajstić information content (AvgIpc) is 3.22. The first kappa shape index (κ1) is 23.3. The fraction of sp³-hybridized carbons (Fsp3) is 0.318. The lowest BCUT2D eigenvalue weighted by atomic mass is 10.0. The van der Waals surface area contributed by atoms with E-state index in [2.05, 4.69) is 26.5 Å². The van der Waals surface area contributed by atoms with Gasteiger partial charge in [-0.1, -0.05) is 0 Å². The first-order valence-electron chi connectivity index (χ1n) is 10.1. The molecule has 0 spiro atoms. The molecule has 0 fully saturated rings. The molecule has 0 unspecified atom stereocenters. The highest BCUT2D eigenvalue weighted by Crippen LogP contribution is 2.23. The average molecular weight is 449 g/mol. The van der Waals surface area contributed by atoms with E-state index in [4.69, 9.17) is 4.74 Å². The summed E-state index contributed by atoms with van der Waals surface area (Å²) in [6.07, 6.45) is 5.87. The van der Waals surface area contributed by atoms with Crippen LogP contribution in [0.25, 0.3) is 11.4 Å². The zero-order chi connectivity index (χ0) is 24.0. The summed E-state index contributed by atoms with van der Waals surface area (Å²) in [6.45, 7) is 5.97. The van der Waals surface area contributed by atoms with Crippen molar-refractivity contribution in [3.05, 3.63) is 69.8 Å². The molecule has 0 saturated carbocycles. The summed E-state index contributed by atoms with van der Waals surface area (Å²) in [5, 5.41) is 26.9. The molecule has 11 heteroatoms. The van der Waals surface area contributed by atoms with E-state index >= 15 is 0 Å². The number of amides is 1. The zero-order valence-corrected chi connectivity index (χ0v) is 18.5. The van der Waals surface area contributed by atoms with Crippen LogP contribution in [0.4, 0.5) is 10.5 Å². The molecule has 3 aromatic rings. The number of nitrogens with zero attached hydrogens (tertiary/aromatic N) is 6. The van der Waals surface area contributed by atoms with Gasteiger partial charge < -0.3 is 10.1 Å². The first-order chi connectivity index (χ1) is 15.6. The molecule has 170 valence electrons. The molecule has 33 heavy (non-hydrogen) atoms. The molecule has 11 nitrogen and oxygen atoms in total. The molecule has 0 saturated heterocycles. The Hall–Kier alpha value is -4.33. The van der Waals surface area contributed by atoms with Crippen LogP contribution in [-0.4, -0.2) is 42.9 Å². The third-order valence-electron chi connectivity index (χ3n) is 4.43. The van der Waals surface area contributed by atoms with Crippen LogP contribution in [0.5, 0.6) is 0 Å². The van der Waals surface area contributed by atoms with Gasteiger partial charge in [0.15, 0.2) is 5.82 Å². The smallest absolute Gasteiger partial charge is 0.407 e. The summed E-state index contributed by atoms with van der Waals surface area (Å²) in [4.78, 5) is 31.0. The van der Waals surface area contributed by atoms with Gasteiger partial charge in [0.2, 0.25) is 0 Å². The predicted molar refractivity (Wildman–Crippen MR) is 118 cm³/mol. The molecule has 1 aromatic carbocycles. The molecule has 0 atom stereocenters. The maximum absolute atomic E-state index is 11.7. The summed E-state index contributed by atoms with van der Waals surface area (Å²) in [7, 11) is 0. The lowest BCUT2D eigenvalue weighted by Crippen LogP contribution is -2.33. The lowest BCUT2D eigenvalue weighted by Gasteiger charge is -2.19. The van der Waals surface area contributed by atoms with Gasteiger partial charge in [0.25, 0.3) is 0 Å². The van der Waals surface area contributed by atoms with E-state index in [1.165, 1.54) is 17.1 Å². The number of alkyl carbamates (subject to hydrolysis) is 1. The molecular formula is C22H23N7O4. The number of nitrogens with one attached hydrogen (secondary N) is 1. The minimum atomic E-state index is -0.561. The maximum atomic E-state index is 11.7. The number of benzene rings is 1. The number of rotatable bonds is 7. The van der Waals surface area contributed by atoms with Crippen molar-refractivity contribution in [3.63, 3.8) is 0 Å². The van der Waals surface area contributed by atoms with Crippen LogP contribution >= 0.6 is 0 Å². The fourth-order valence-electron chi connectivity index (χ4n) is 2.97. The Morgan fingerprint density at radius 2 is 2.00 bits per heavy atom. The highest BCUT2D eigenvalue weighted by Gasteiger charge is 2.16. The van der Waals surface area contributed by atoms with E-state index in [1.54, 1.807) is 51.4 Å². The third kappa shape index (κ3) is 6.57. The minimum Gasteiger partial charge on any atom is -0.444 e. The molecule has 2 aromatic heterocycles. The van der Waals surface area contributed by atoms with E-state index in [1.807, 2.05) is 0 Å². The number of carbonyl (C=O) groups excluding carboxylic acids is 1. The summed E-state index contributed by atoms with van der Waals surface area (Å²) >= 11 is 0. The molecule has 1 N–H and O–H groups in total. The zero-order valence-electron chi connectivity index (χ0n) is 18.5. The number of carbonyl (C=O) groups is 1. The number of ether oxygens (including phenoxy) is 1. The molecule has 2 heterocycles. The third-order valence-corrected chi connectivity index (χ3v) is 4.43. The van der Waals surface area contributed by atoms with Gasteiger partial charge in [-0.15, -0.1) is 0 Å². The van der Waals surface area contributed by atoms with Gasteiger partial charge in [-0.05, 0) is 56.5 Å². The number of hydrogen-bond donors (Lipinski definition) is 1. The van der Waals surface area contributed by atoms with Crippen LogP contribution in [0.3, 0.4) is 0 Å². The Morgan fingerprint density at radius 1 is 1.27 bits per heavy atom. The van der Waals surface area contributed by atoms with Gasteiger partial charge in [-0.25, -0.2) is 14.8 Å². The van der Waals surface area contributed by atoms with E-state index < -0.39 is 16.6 Å². The lowest BCUT2D eigenvalue weighted by molar-refractivity contribution is -0.385. The van der Waals surface area contributed by atoms with Crippen LogP contribution in [-0.2, 0) is 17.7 Å². The maximum Gasteiger partial charge on any atom is 0.407 e. The molecule has 1 amide bonds. The van der Waals surface area contributed by atoms with Gasteiger partial charge in [0.1, 0.15) is 18.0 Å². The monoisotopic (exact) mass is 449 g/mol. The van der Waals surface area contributed by atoms with Crippen molar-refractivity contribution in [3.8, 4) is 17.5 Å². The van der Waals surface area contributed by atoms with Crippen LogP contribution in [0, 0.1) is 21.4 Å². The van der Waals surface area contributed by atoms with Crippen molar-refractivity contribution in [2.45, 2.75) is 39.3 Å². The van der Waals surface area contributed by atoms with Crippen molar-refractivity contribution in [2.75, 3.05) is 6.54 Å². The number of nitro groups is 1. The standard InChI is InChI=1S/C22H23N7O4/c1-22(2,3)33-21(30)24-7-6-16-10-25-20(26-11-16)19-5-4-15(9-23)8-17(19)13-28-14-18(12-27-28)29(31)32/h4-5,8,10-12,14H,6-7,13H2,1-3H3,(H,24,30). The van der Waals surface area contributed by atoms with Crippen LogP contribution < -0.4 is 5.32 Å². The summed E-state index contributed by atoms with van der Waals surface area (Å²) in [6, 6.07) is 7.17. The van der Waals surface area contributed by atoms with Crippen molar-refractivity contribution in [1.29, 1.82) is 5.26 Å². The number of nitriles is 1. The largest absolute Gasteiger partial charge is 0.444 e. The number of hydrogen-bond acceptors (Lipinski definition) is 8. The van der Waals surface area contributed by atoms with Gasteiger partial charge in [-0.2, -0.15) is 10.4 Å². The SMILES string of the molecule is CC(C)(C)OC(=O)NCCc1cnc(-c2ccc(C#N)cc2Cn2cc([N+](=O)[O-])cn2)nc1. The van der Waals surface area contributed by atoms with Crippen LogP contribution in [0.2, 0.25) is 0 Å². The molecule has 0 aliphatic heterocycles. The highest BCUT2D eigenvalue weighted by molar-refractivity contribution is 5.67. The molecule has 3 rings (SSSR count). The first-order valence-corrected chi connectivity index (χ1v) is 10.1. The Bertz CT molecular complexity index is 1190. The second-order valence-electron chi connectivity index (χ2n) is 8.23. The Labute approximate surface area is 190 Å². The normalized spacial score (nSPS) is 11.0. The van der Waals surface area contributed by atoms with E-state index in [-0.39, 0.29) is 12.2 Å². The van der Waals surface area contributed by atoms with Crippen molar-refractivity contribution in [1.82, 2.24) is 25.1 Å². The topological polar surface area (TPSA) is 149 Å². The molecule has 0 bridgehead atoms. The molecular weight excluding hydrogens is 426 g/mol. The summed E-state index contributed by atoms with van der Waals surface area (Å²) < 4.78 is 6.62. The van der Waals surface area contributed by atoms with Crippen molar-refractivity contribution < 1.29 is 14.5 Å². The molecule has 0 radical (unpaired) electrons. The van der Waals surface area contributed by atoms with Crippen LogP contribution in [0.1, 0.15) is 37.5 Å². The van der Waals surface area contributed by atoms with E-state index in [9.17, 15) is 20.2 Å². The van der Waals surface area contributed by atoms with E-state index in [0.29, 0.717) is 35.5 Å². The second-order valence-corrected chi connectivity index (χ2v) is 8.23. The molecule has 0 aliphatic carbocycles. The summed E-state index contributed by atoms with van der Waals surface area (Å²) in [5.74, 6) is 0.444. The predicted octanol–water partition coefficient (Wildman–Crippen LogP) is 3.24. The second kappa shape index (κ2) is 9.86. The van der Waals surface area contributed by atoms with Gasteiger partial charge in [0, 0.05) is 24.5 Å². The van der Waals surface area contributed by atoms with Crippen LogP contribution in [0.15, 0.2) is 43.0 Å². The molecule has 0 aliphatic rings. The minimum absolute atomic E-state index is 0.117. The van der Waals surface area contributed by atoms with Crippen molar-refractivity contribution >= 4 is 11.8 Å². The highest BCUT2D eigenvalue weighted by atomic mass is 16.6. The summed E-state index contributed by atoms with van der Waals surface area (Å²) in [5.41, 5.74) is 1.98. The Kier molecular flexibility index (Phi) is 6.97. The Balaban J connectivity index is 1.72. The fourth-order valence-corrected chi connectivity index (χ4v) is 2.97. The van der Waals surface area contributed by atoms with Gasteiger partial charge >= 0.3 is 11.8 Å².